The molecular formula is C7H10BrNS. The van der Waals surface area contributed by atoms with Crippen molar-refractivity contribution in [3.05, 3.63) is 20.3 Å². The van der Waals surface area contributed by atoms with E-state index in [9.17, 15) is 0 Å². The molecule has 0 unspecified atom stereocenters. The van der Waals surface area contributed by atoms with Gasteiger partial charge in [0.2, 0.25) is 0 Å². The molecule has 0 amide bonds. The predicted octanol–water partition coefficient (Wildman–Crippen LogP) is 2.84. The van der Waals surface area contributed by atoms with Crippen molar-refractivity contribution in [3.8, 4) is 0 Å². The van der Waals surface area contributed by atoms with E-state index >= 15 is 0 Å². The van der Waals surface area contributed by atoms with Crippen molar-refractivity contribution in [2.24, 2.45) is 5.73 Å². The third-order valence-electron chi connectivity index (χ3n) is 1.25. The smallest absolute Gasteiger partial charge is 0.0372 e. The van der Waals surface area contributed by atoms with Crippen LogP contribution < -0.4 is 5.73 Å². The quantitative estimate of drug-likeness (QED) is 0.773. The summed E-state index contributed by atoms with van der Waals surface area (Å²) in [5, 5.41) is 0. The van der Waals surface area contributed by atoms with Gasteiger partial charge in [0.05, 0.1) is 0 Å². The normalized spacial score (nSPS) is 13.6. The zero-order valence-electron chi connectivity index (χ0n) is 6.02. The lowest BCUT2D eigenvalue weighted by Crippen LogP contribution is -2.02. The predicted molar refractivity (Wildman–Crippen MR) is 49.4 cm³/mol. The molecule has 0 saturated heterocycles. The molecule has 0 aliphatic rings. The number of nitrogens with two attached hydrogens (primary N) is 1. The molecule has 10 heavy (non-hydrogen) atoms. The molecule has 0 fully saturated rings. The lowest BCUT2D eigenvalue weighted by molar-refractivity contribution is 0.834. The summed E-state index contributed by atoms with van der Waals surface area (Å²) in [6, 6.07) is 2.25. The molecule has 0 aromatic carbocycles. The zero-order valence-corrected chi connectivity index (χ0v) is 8.42. The second-order valence-electron chi connectivity index (χ2n) is 2.36. The Morgan fingerprint density at radius 1 is 1.70 bits per heavy atom. The lowest BCUT2D eigenvalue weighted by atomic mass is 10.3. The molecule has 0 bridgehead atoms. The van der Waals surface area contributed by atoms with Crippen LogP contribution in [0.15, 0.2) is 10.5 Å². The fraction of sp³-hybridized carbons (Fsp3) is 0.429. The number of hydrogen-bond acceptors (Lipinski definition) is 2. The first-order chi connectivity index (χ1) is 4.61. The third-order valence-corrected chi connectivity index (χ3v) is 3.42. The van der Waals surface area contributed by atoms with Crippen molar-refractivity contribution in [2.75, 3.05) is 0 Å². The number of aryl methyl sites for hydroxylation is 1. The van der Waals surface area contributed by atoms with Gasteiger partial charge in [-0.15, -0.1) is 11.3 Å². The van der Waals surface area contributed by atoms with E-state index in [4.69, 9.17) is 5.73 Å². The topological polar surface area (TPSA) is 26.0 Å². The molecule has 1 aromatic heterocycles. The number of hydrogen-bond donors (Lipinski definition) is 1. The van der Waals surface area contributed by atoms with Crippen molar-refractivity contribution < 1.29 is 0 Å². The van der Waals surface area contributed by atoms with Crippen LogP contribution in [0.5, 0.6) is 0 Å². The van der Waals surface area contributed by atoms with Crippen LogP contribution in [0.25, 0.3) is 0 Å². The summed E-state index contributed by atoms with van der Waals surface area (Å²) in [7, 11) is 0. The monoisotopic (exact) mass is 219 g/mol. The maximum absolute atomic E-state index is 5.71. The fourth-order valence-electron chi connectivity index (χ4n) is 0.812. The average molecular weight is 220 g/mol. The van der Waals surface area contributed by atoms with Gasteiger partial charge in [0, 0.05) is 20.3 Å². The van der Waals surface area contributed by atoms with Gasteiger partial charge in [-0.2, -0.15) is 0 Å². The Balaban J connectivity index is 3.03. The highest BCUT2D eigenvalue weighted by Gasteiger charge is 2.07. The van der Waals surface area contributed by atoms with Gasteiger partial charge < -0.3 is 5.73 Å². The molecule has 2 N–H and O–H groups in total. The van der Waals surface area contributed by atoms with Gasteiger partial charge in [-0.1, -0.05) is 0 Å². The molecule has 3 heteroatoms. The number of rotatable bonds is 1. The Morgan fingerprint density at radius 3 is 2.50 bits per heavy atom. The molecule has 0 radical (unpaired) electrons. The Kier molecular flexibility index (Phi) is 2.50. The average Bonchev–Trinajstić information content (AvgIpc) is 2.10. The van der Waals surface area contributed by atoms with Crippen molar-refractivity contribution in [3.63, 3.8) is 0 Å². The van der Waals surface area contributed by atoms with Crippen LogP contribution in [-0.2, 0) is 0 Å². The molecule has 1 rings (SSSR count). The highest BCUT2D eigenvalue weighted by molar-refractivity contribution is 9.10. The molecule has 0 spiro atoms. The summed E-state index contributed by atoms with van der Waals surface area (Å²) in [6.45, 7) is 4.08. The lowest BCUT2D eigenvalue weighted by Gasteiger charge is -2.00. The summed E-state index contributed by atoms with van der Waals surface area (Å²) in [6.07, 6.45) is 0. The van der Waals surface area contributed by atoms with E-state index in [1.807, 2.05) is 6.92 Å². The fourth-order valence-corrected chi connectivity index (χ4v) is 2.78. The highest BCUT2D eigenvalue weighted by atomic mass is 79.9. The van der Waals surface area contributed by atoms with Crippen LogP contribution >= 0.6 is 27.3 Å². The first-order valence-corrected chi connectivity index (χ1v) is 4.73. The minimum Gasteiger partial charge on any atom is -0.323 e. The molecule has 1 atom stereocenters. The molecule has 0 aliphatic carbocycles. The van der Waals surface area contributed by atoms with Gasteiger partial charge in [0.25, 0.3) is 0 Å². The van der Waals surface area contributed by atoms with Crippen LogP contribution in [-0.4, -0.2) is 0 Å². The van der Waals surface area contributed by atoms with Crippen LogP contribution in [0.2, 0.25) is 0 Å². The summed E-state index contributed by atoms with van der Waals surface area (Å²) < 4.78 is 1.14. The van der Waals surface area contributed by atoms with Crippen LogP contribution in [0.4, 0.5) is 0 Å². The SMILES string of the molecule is Cc1cc(Br)c([C@H](C)N)s1. The van der Waals surface area contributed by atoms with Gasteiger partial charge in [-0.3, -0.25) is 0 Å². The molecule has 1 heterocycles. The first kappa shape index (κ1) is 8.24. The maximum atomic E-state index is 5.71. The highest BCUT2D eigenvalue weighted by Crippen LogP contribution is 2.30. The van der Waals surface area contributed by atoms with Gasteiger partial charge in [0.15, 0.2) is 0 Å². The summed E-state index contributed by atoms with van der Waals surface area (Å²) in [4.78, 5) is 2.54. The van der Waals surface area contributed by atoms with Gasteiger partial charge in [0.1, 0.15) is 0 Å². The Labute approximate surface area is 73.4 Å². The van der Waals surface area contributed by atoms with Crippen molar-refractivity contribution in [2.45, 2.75) is 19.9 Å². The standard InChI is InChI=1S/C7H10BrNS/c1-4-3-6(8)7(10-4)5(2)9/h3,5H,9H2,1-2H3/t5-/m0/s1. The summed E-state index contributed by atoms with van der Waals surface area (Å²) >= 11 is 5.20. The zero-order chi connectivity index (χ0) is 7.72. The van der Waals surface area contributed by atoms with Gasteiger partial charge >= 0.3 is 0 Å². The minimum atomic E-state index is 0.146. The minimum absolute atomic E-state index is 0.146. The maximum Gasteiger partial charge on any atom is 0.0372 e. The van der Waals surface area contributed by atoms with Crippen LogP contribution in [0.3, 0.4) is 0 Å². The molecule has 0 aliphatic heterocycles. The van der Waals surface area contributed by atoms with Crippen LogP contribution in [0.1, 0.15) is 22.7 Å². The van der Waals surface area contributed by atoms with E-state index < -0.39 is 0 Å². The van der Waals surface area contributed by atoms with E-state index in [0.717, 1.165) is 4.47 Å². The number of halogens is 1. The van der Waals surface area contributed by atoms with Crippen molar-refractivity contribution in [1.82, 2.24) is 0 Å². The summed E-state index contributed by atoms with van der Waals surface area (Å²) in [5.74, 6) is 0. The second kappa shape index (κ2) is 3.03. The molecular weight excluding hydrogens is 210 g/mol. The summed E-state index contributed by atoms with van der Waals surface area (Å²) in [5.41, 5.74) is 5.71. The van der Waals surface area contributed by atoms with Crippen molar-refractivity contribution >= 4 is 27.3 Å². The van der Waals surface area contributed by atoms with E-state index in [2.05, 4.69) is 28.9 Å². The van der Waals surface area contributed by atoms with E-state index in [1.54, 1.807) is 11.3 Å². The first-order valence-electron chi connectivity index (χ1n) is 3.12. The largest absolute Gasteiger partial charge is 0.323 e. The molecule has 1 nitrogen and oxygen atoms in total. The van der Waals surface area contributed by atoms with Gasteiger partial charge in [-0.25, -0.2) is 0 Å². The molecule has 56 valence electrons. The van der Waals surface area contributed by atoms with E-state index in [1.165, 1.54) is 9.75 Å². The Bertz CT molecular complexity index is 230. The third kappa shape index (κ3) is 1.59. The van der Waals surface area contributed by atoms with E-state index in [0.29, 0.717) is 0 Å². The second-order valence-corrected chi connectivity index (χ2v) is 4.50. The van der Waals surface area contributed by atoms with Crippen LogP contribution in [0, 0.1) is 6.92 Å². The molecule has 1 aromatic rings. The Morgan fingerprint density at radius 2 is 2.30 bits per heavy atom. The van der Waals surface area contributed by atoms with Gasteiger partial charge in [-0.05, 0) is 35.8 Å². The Hall–Kier alpha value is 0.140. The van der Waals surface area contributed by atoms with Crippen molar-refractivity contribution in [1.29, 1.82) is 0 Å². The molecule has 0 saturated carbocycles. The number of thiophene rings is 1. The van der Waals surface area contributed by atoms with E-state index in [-0.39, 0.29) is 6.04 Å².